The molecule has 1 rings (SSSR count). The number of benzene rings is 1. The van der Waals surface area contributed by atoms with Gasteiger partial charge in [0.1, 0.15) is 0 Å². The lowest BCUT2D eigenvalue weighted by Gasteiger charge is -2.13. The molecule has 0 aliphatic heterocycles. The van der Waals surface area contributed by atoms with Crippen LogP contribution in [-0.4, -0.2) is 36.4 Å². The van der Waals surface area contributed by atoms with Gasteiger partial charge in [0.05, 0.1) is 14.2 Å². The van der Waals surface area contributed by atoms with Gasteiger partial charge in [-0.15, -0.1) is 0 Å². The molecule has 0 saturated carbocycles. The molecule has 1 aromatic rings. The van der Waals surface area contributed by atoms with E-state index < -0.39 is 11.9 Å². The molecule has 20 heavy (non-hydrogen) atoms. The van der Waals surface area contributed by atoms with E-state index in [1.165, 1.54) is 26.4 Å². The zero-order chi connectivity index (χ0) is 15.1. The zero-order valence-corrected chi connectivity index (χ0v) is 11.0. The fraction of sp³-hybridized carbons (Fsp3) is 0.143. The van der Waals surface area contributed by atoms with E-state index in [-0.39, 0.29) is 0 Å². The topological polar surface area (TPSA) is 93.1 Å². The van der Waals surface area contributed by atoms with Crippen molar-refractivity contribution in [1.82, 2.24) is 0 Å². The lowest BCUT2D eigenvalue weighted by Crippen LogP contribution is -1.96. The summed E-state index contributed by atoms with van der Waals surface area (Å²) in [5.74, 6) is -1.50. The van der Waals surface area contributed by atoms with E-state index in [0.717, 1.165) is 12.2 Å². The van der Waals surface area contributed by atoms with Crippen LogP contribution in [0, 0.1) is 0 Å². The van der Waals surface area contributed by atoms with Gasteiger partial charge < -0.3 is 19.7 Å². The largest absolute Gasteiger partial charge is 0.492 e. The summed E-state index contributed by atoms with van der Waals surface area (Å²) in [6.45, 7) is 0. The molecule has 0 unspecified atom stereocenters. The number of carbonyl (C=O) groups is 2. The highest BCUT2D eigenvalue weighted by atomic mass is 16.5. The fourth-order valence-electron chi connectivity index (χ4n) is 1.60. The van der Waals surface area contributed by atoms with Crippen molar-refractivity contribution in [2.24, 2.45) is 0 Å². The molecule has 0 bridgehead atoms. The Hall–Kier alpha value is -2.76. The van der Waals surface area contributed by atoms with E-state index in [4.69, 9.17) is 19.7 Å². The van der Waals surface area contributed by atoms with Gasteiger partial charge in [0.15, 0.2) is 11.5 Å². The van der Waals surface area contributed by atoms with Gasteiger partial charge in [-0.3, -0.25) is 0 Å². The summed E-state index contributed by atoms with van der Waals surface area (Å²) in [5.41, 5.74) is 1.03. The average molecular weight is 278 g/mol. The highest BCUT2D eigenvalue weighted by Crippen LogP contribution is 2.36. The van der Waals surface area contributed by atoms with Crippen molar-refractivity contribution in [2.75, 3.05) is 14.2 Å². The highest BCUT2D eigenvalue weighted by molar-refractivity contribution is 5.88. The van der Waals surface area contributed by atoms with Crippen LogP contribution in [0.3, 0.4) is 0 Å². The van der Waals surface area contributed by atoms with Gasteiger partial charge >= 0.3 is 11.9 Å². The number of rotatable bonds is 6. The van der Waals surface area contributed by atoms with Gasteiger partial charge in [-0.05, 0) is 12.2 Å². The molecule has 0 heterocycles. The molecule has 0 radical (unpaired) electrons. The molecule has 106 valence electrons. The summed E-state index contributed by atoms with van der Waals surface area (Å²) in [6.07, 6.45) is 4.69. The minimum Gasteiger partial charge on any atom is -0.492 e. The van der Waals surface area contributed by atoms with Crippen molar-refractivity contribution < 1.29 is 29.3 Å². The van der Waals surface area contributed by atoms with Crippen LogP contribution in [0.1, 0.15) is 11.1 Å². The predicted octanol–water partition coefficient (Wildman–Crippen LogP) is 1.90. The van der Waals surface area contributed by atoms with Crippen molar-refractivity contribution in [1.29, 1.82) is 0 Å². The second kappa shape index (κ2) is 6.98. The predicted molar refractivity (Wildman–Crippen MR) is 72.9 cm³/mol. The van der Waals surface area contributed by atoms with Gasteiger partial charge in [0.2, 0.25) is 0 Å². The second-order valence-electron chi connectivity index (χ2n) is 3.65. The smallest absolute Gasteiger partial charge is 0.328 e. The van der Waals surface area contributed by atoms with E-state index in [1.54, 1.807) is 12.1 Å². The third-order valence-corrected chi connectivity index (χ3v) is 2.39. The van der Waals surface area contributed by atoms with Crippen molar-refractivity contribution in [3.63, 3.8) is 0 Å². The maximum Gasteiger partial charge on any atom is 0.328 e. The lowest BCUT2D eigenvalue weighted by molar-refractivity contribution is -0.132. The van der Waals surface area contributed by atoms with Crippen molar-refractivity contribution >= 4 is 24.1 Å². The van der Waals surface area contributed by atoms with E-state index in [2.05, 4.69) is 0 Å². The Balaban J connectivity index is 3.32. The summed E-state index contributed by atoms with van der Waals surface area (Å²) in [7, 11) is 2.83. The van der Waals surface area contributed by atoms with Crippen LogP contribution in [0.4, 0.5) is 0 Å². The lowest BCUT2D eigenvalue weighted by atomic mass is 10.1. The molecule has 1 aromatic carbocycles. The van der Waals surface area contributed by atoms with E-state index in [9.17, 15) is 9.59 Å². The molecule has 0 aromatic heterocycles. The summed E-state index contributed by atoms with van der Waals surface area (Å²) in [5, 5.41) is 17.3. The third kappa shape index (κ3) is 3.88. The minimum absolute atomic E-state index is 0.331. The van der Waals surface area contributed by atoms with Crippen molar-refractivity contribution in [2.45, 2.75) is 0 Å². The molecule has 6 heteroatoms. The Labute approximate surface area is 115 Å². The molecule has 0 amide bonds. The van der Waals surface area contributed by atoms with Crippen LogP contribution in [0.5, 0.6) is 11.5 Å². The standard InChI is InChI=1S/C14H14O6/c1-19-13-9(5-7-11(15)16)3-4-10(14(13)20-2)6-8-12(17)18/h3-8H,1-2H3,(H,15,16)(H,17,18). The number of carboxylic acids is 2. The Kier molecular flexibility index (Phi) is 5.34. The molecule has 0 aliphatic rings. The van der Waals surface area contributed by atoms with Crippen LogP contribution in [0.15, 0.2) is 24.3 Å². The number of hydrogen-bond acceptors (Lipinski definition) is 4. The Morgan fingerprint density at radius 2 is 1.25 bits per heavy atom. The van der Waals surface area contributed by atoms with Crippen molar-refractivity contribution in [3.8, 4) is 11.5 Å². The van der Waals surface area contributed by atoms with Gasteiger partial charge in [-0.2, -0.15) is 0 Å². The third-order valence-electron chi connectivity index (χ3n) is 2.39. The molecular formula is C14H14O6. The summed E-state index contributed by atoms with van der Waals surface area (Å²) < 4.78 is 10.4. The molecule has 0 saturated heterocycles. The van der Waals surface area contributed by atoms with Crippen LogP contribution in [0.2, 0.25) is 0 Å². The summed E-state index contributed by atoms with van der Waals surface area (Å²) >= 11 is 0. The average Bonchev–Trinajstić information content (AvgIpc) is 2.41. The maximum absolute atomic E-state index is 10.5. The van der Waals surface area contributed by atoms with Gasteiger partial charge in [0, 0.05) is 23.3 Å². The van der Waals surface area contributed by atoms with Crippen LogP contribution < -0.4 is 9.47 Å². The molecule has 0 fully saturated rings. The van der Waals surface area contributed by atoms with Gasteiger partial charge in [-0.1, -0.05) is 12.1 Å². The number of aliphatic carboxylic acids is 2. The molecule has 0 atom stereocenters. The molecule has 6 nitrogen and oxygen atoms in total. The van der Waals surface area contributed by atoms with E-state index in [0.29, 0.717) is 22.6 Å². The van der Waals surface area contributed by atoms with E-state index in [1.807, 2.05) is 0 Å². The van der Waals surface area contributed by atoms with Gasteiger partial charge in [-0.25, -0.2) is 9.59 Å². The quantitative estimate of drug-likeness (QED) is 0.772. The molecule has 0 spiro atoms. The zero-order valence-electron chi connectivity index (χ0n) is 11.0. The first-order valence-corrected chi connectivity index (χ1v) is 5.56. The highest BCUT2D eigenvalue weighted by Gasteiger charge is 2.12. The first-order valence-electron chi connectivity index (χ1n) is 5.56. The Morgan fingerprint density at radius 3 is 1.50 bits per heavy atom. The fourth-order valence-corrected chi connectivity index (χ4v) is 1.60. The van der Waals surface area contributed by atoms with Crippen LogP contribution >= 0.6 is 0 Å². The number of carboxylic acid groups (broad SMARTS) is 2. The monoisotopic (exact) mass is 278 g/mol. The summed E-state index contributed by atoms with van der Waals surface area (Å²) in [4.78, 5) is 21.1. The Bertz CT molecular complexity index is 520. The first kappa shape index (κ1) is 15.3. The van der Waals surface area contributed by atoms with Crippen LogP contribution in [-0.2, 0) is 9.59 Å². The minimum atomic E-state index is -1.08. The maximum atomic E-state index is 10.5. The van der Waals surface area contributed by atoms with Crippen molar-refractivity contribution in [3.05, 3.63) is 35.4 Å². The van der Waals surface area contributed by atoms with Crippen LogP contribution in [0.25, 0.3) is 12.2 Å². The van der Waals surface area contributed by atoms with Gasteiger partial charge in [0.25, 0.3) is 0 Å². The molecular weight excluding hydrogens is 264 g/mol. The second-order valence-corrected chi connectivity index (χ2v) is 3.65. The Morgan fingerprint density at radius 1 is 0.900 bits per heavy atom. The summed E-state index contributed by atoms with van der Waals surface area (Å²) in [6, 6.07) is 3.23. The van der Waals surface area contributed by atoms with E-state index >= 15 is 0 Å². The molecule has 2 N–H and O–H groups in total. The number of hydrogen-bond donors (Lipinski definition) is 2. The molecule has 0 aliphatic carbocycles. The number of ether oxygens (including phenoxy) is 2. The normalized spacial score (nSPS) is 10.9. The SMILES string of the molecule is COc1c(C=CC(=O)O)ccc(C=CC(=O)O)c1OC. The number of methoxy groups -OCH3 is 2. The first-order chi connectivity index (χ1) is 9.49.